The summed E-state index contributed by atoms with van der Waals surface area (Å²) >= 11 is 0. The lowest BCUT2D eigenvalue weighted by Crippen LogP contribution is -2.41. The molecule has 0 spiro atoms. The highest BCUT2D eigenvalue weighted by Crippen LogP contribution is 2.19. The quantitative estimate of drug-likeness (QED) is 0.710. The number of hydrogen-bond acceptors (Lipinski definition) is 5. The molecule has 1 unspecified atom stereocenters. The molecule has 0 bridgehead atoms. The fraction of sp³-hybridized carbons (Fsp3) is 0.600. The molecule has 0 radical (unpaired) electrons. The first-order valence-corrected chi connectivity index (χ1v) is 7.28. The summed E-state index contributed by atoms with van der Waals surface area (Å²) in [6.07, 6.45) is 1.43. The van der Waals surface area contributed by atoms with Gasteiger partial charge in [0.2, 0.25) is 10.0 Å². The number of aryl methyl sites for hydroxylation is 1. The van der Waals surface area contributed by atoms with Crippen LogP contribution in [0.4, 0.5) is 0 Å². The lowest BCUT2D eigenvalue weighted by molar-refractivity contribution is 0.0686. The largest absolute Gasteiger partial charge is 0.476 e. The average molecular weight is 289 g/mol. The molecule has 1 fully saturated rings. The van der Waals surface area contributed by atoms with Gasteiger partial charge in [0.05, 0.1) is 12.3 Å². The fourth-order valence-corrected chi connectivity index (χ4v) is 3.58. The maximum absolute atomic E-state index is 12.2. The van der Waals surface area contributed by atoms with Gasteiger partial charge in [0.25, 0.3) is 0 Å². The van der Waals surface area contributed by atoms with Crippen molar-refractivity contribution in [3.63, 3.8) is 0 Å². The van der Waals surface area contributed by atoms with E-state index in [0.717, 1.165) is 6.42 Å². The molecule has 106 valence electrons. The van der Waals surface area contributed by atoms with Gasteiger partial charge in [-0.3, -0.25) is 5.10 Å². The van der Waals surface area contributed by atoms with Crippen LogP contribution in [0.1, 0.15) is 29.0 Å². The zero-order valence-electron chi connectivity index (χ0n) is 10.3. The summed E-state index contributed by atoms with van der Waals surface area (Å²) in [4.78, 5) is 10.7. The Bertz CT molecular complexity index is 574. The van der Waals surface area contributed by atoms with Gasteiger partial charge >= 0.3 is 5.97 Å². The molecule has 0 amide bonds. The van der Waals surface area contributed by atoms with E-state index in [2.05, 4.69) is 14.9 Å². The number of H-pyrrole nitrogens is 1. The molecule has 0 aromatic carbocycles. The number of carboxylic acid groups (broad SMARTS) is 1. The molecule has 1 atom stereocenters. The smallest absolute Gasteiger partial charge is 0.357 e. The number of sulfonamides is 1. The maximum atomic E-state index is 12.2. The number of rotatable bonds is 4. The number of ether oxygens (including phenoxy) is 1. The van der Waals surface area contributed by atoms with Crippen LogP contribution in [0.5, 0.6) is 0 Å². The Morgan fingerprint density at radius 2 is 2.32 bits per heavy atom. The molecule has 0 saturated carbocycles. The number of hydrogen-bond donors (Lipinski definition) is 3. The number of carboxylic acids is 1. The first-order valence-electron chi connectivity index (χ1n) is 5.80. The van der Waals surface area contributed by atoms with Crippen LogP contribution in [-0.4, -0.2) is 48.9 Å². The van der Waals surface area contributed by atoms with Gasteiger partial charge in [-0.2, -0.15) is 5.10 Å². The molecule has 1 aromatic heterocycles. The van der Waals surface area contributed by atoms with E-state index < -0.39 is 21.7 Å². The van der Waals surface area contributed by atoms with Crippen LogP contribution in [0.25, 0.3) is 0 Å². The first kappa shape index (κ1) is 14.0. The minimum absolute atomic E-state index is 0.196. The highest BCUT2D eigenvalue weighted by molar-refractivity contribution is 7.89. The number of carbonyl (C=O) groups is 1. The van der Waals surface area contributed by atoms with Crippen LogP contribution in [0, 0.1) is 6.92 Å². The fourth-order valence-electron chi connectivity index (χ4n) is 2.00. The van der Waals surface area contributed by atoms with Gasteiger partial charge < -0.3 is 9.84 Å². The van der Waals surface area contributed by atoms with E-state index >= 15 is 0 Å². The average Bonchev–Trinajstić information content (AvgIpc) is 2.73. The number of aromatic carboxylic acids is 1. The summed E-state index contributed by atoms with van der Waals surface area (Å²) < 4.78 is 32.1. The zero-order chi connectivity index (χ0) is 14.0. The van der Waals surface area contributed by atoms with Gasteiger partial charge in [0.15, 0.2) is 5.69 Å². The molecule has 19 heavy (non-hydrogen) atoms. The molecule has 2 heterocycles. The second kappa shape index (κ2) is 5.27. The van der Waals surface area contributed by atoms with Crippen LogP contribution in [0.2, 0.25) is 0 Å². The third-order valence-corrected chi connectivity index (χ3v) is 4.53. The molecule has 8 nitrogen and oxygen atoms in total. The van der Waals surface area contributed by atoms with Crippen LogP contribution in [0.3, 0.4) is 0 Å². The Hall–Kier alpha value is -1.45. The SMILES string of the molecule is Cc1[nH]nc(C(=O)O)c1S(=O)(=O)NC1CCCOC1. The van der Waals surface area contributed by atoms with Crippen molar-refractivity contribution in [2.45, 2.75) is 30.7 Å². The summed E-state index contributed by atoms with van der Waals surface area (Å²) in [6.45, 7) is 2.37. The van der Waals surface area contributed by atoms with Gasteiger partial charge in [0, 0.05) is 12.6 Å². The second-order valence-corrected chi connectivity index (χ2v) is 6.02. The third-order valence-electron chi connectivity index (χ3n) is 2.84. The van der Waals surface area contributed by atoms with E-state index in [4.69, 9.17) is 9.84 Å². The highest BCUT2D eigenvalue weighted by Gasteiger charge is 2.30. The van der Waals surface area contributed by atoms with Gasteiger partial charge in [0.1, 0.15) is 4.90 Å². The van der Waals surface area contributed by atoms with Gasteiger partial charge in [-0.15, -0.1) is 0 Å². The molecule has 0 aliphatic carbocycles. The first-order chi connectivity index (χ1) is 8.92. The topological polar surface area (TPSA) is 121 Å². The monoisotopic (exact) mass is 289 g/mol. The van der Waals surface area contributed by atoms with E-state index in [1.54, 1.807) is 0 Å². The van der Waals surface area contributed by atoms with Crippen LogP contribution in [-0.2, 0) is 14.8 Å². The van der Waals surface area contributed by atoms with Crippen molar-refractivity contribution in [2.75, 3.05) is 13.2 Å². The third kappa shape index (κ3) is 2.94. The van der Waals surface area contributed by atoms with Crippen molar-refractivity contribution in [2.24, 2.45) is 0 Å². The normalized spacial score (nSPS) is 20.4. The summed E-state index contributed by atoms with van der Waals surface area (Å²) in [7, 11) is -3.93. The molecule has 1 aliphatic rings. The Balaban J connectivity index is 2.28. The van der Waals surface area contributed by atoms with Crippen molar-refractivity contribution >= 4 is 16.0 Å². The molecular weight excluding hydrogens is 274 g/mol. The molecule has 1 saturated heterocycles. The van der Waals surface area contributed by atoms with Gasteiger partial charge in [-0.25, -0.2) is 17.9 Å². The summed E-state index contributed by atoms with van der Waals surface area (Å²) in [6, 6.07) is -0.338. The predicted octanol–water partition coefficient (Wildman–Crippen LogP) is -0.126. The minimum atomic E-state index is -3.93. The number of aromatic nitrogens is 2. The van der Waals surface area contributed by atoms with Crippen molar-refractivity contribution in [1.82, 2.24) is 14.9 Å². The van der Waals surface area contributed by atoms with Crippen LogP contribution < -0.4 is 4.72 Å². The van der Waals surface area contributed by atoms with Crippen molar-refractivity contribution < 1.29 is 23.1 Å². The molecule has 1 aromatic rings. The van der Waals surface area contributed by atoms with E-state index in [1.165, 1.54) is 6.92 Å². The Morgan fingerprint density at radius 3 is 2.89 bits per heavy atom. The van der Waals surface area contributed by atoms with Crippen molar-refractivity contribution in [3.05, 3.63) is 11.4 Å². The lowest BCUT2D eigenvalue weighted by atomic mass is 10.1. The number of aromatic amines is 1. The molecule has 2 rings (SSSR count). The molecular formula is C10H15N3O5S. The van der Waals surface area contributed by atoms with Gasteiger partial charge in [-0.1, -0.05) is 0 Å². The molecule has 3 N–H and O–H groups in total. The standard InChI is InChI=1S/C10H15N3O5S/c1-6-9(8(10(14)15)12-11-6)19(16,17)13-7-3-2-4-18-5-7/h7,13H,2-5H2,1H3,(H,11,12)(H,14,15). The Kier molecular flexibility index (Phi) is 3.88. The Morgan fingerprint density at radius 1 is 1.58 bits per heavy atom. The predicted molar refractivity (Wildman–Crippen MR) is 64.4 cm³/mol. The lowest BCUT2D eigenvalue weighted by Gasteiger charge is -2.22. The minimum Gasteiger partial charge on any atom is -0.476 e. The summed E-state index contributed by atoms with van der Waals surface area (Å²) in [5, 5.41) is 14.8. The van der Waals surface area contributed by atoms with Crippen LogP contribution >= 0.6 is 0 Å². The summed E-state index contributed by atoms with van der Waals surface area (Å²) in [5.41, 5.74) is -0.302. The molecule has 1 aliphatic heterocycles. The zero-order valence-corrected chi connectivity index (χ0v) is 11.2. The number of nitrogens with zero attached hydrogens (tertiary/aromatic N) is 1. The van der Waals surface area contributed by atoms with Crippen molar-refractivity contribution in [3.8, 4) is 0 Å². The van der Waals surface area contributed by atoms with Crippen LogP contribution in [0.15, 0.2) is 4.90 Å². The van der Waals surface area contributed by atoms with Crippen molar-refractivity contribution in [1.29, 1.82) is 0 Å². The summed E-state index contributed by atoms with van der Waals surface area (Å²) in [5.74, 6) is -1.38. The maximum Gasteiger partial charge on any atom is 0.357 e. The van der Waals surface area contributed by atoms with E-state index in [9.17, 15) is 13.2 Å². The van der Waals surface area contributed by atoms with E-state index in [0.29, 0.717) is 19.6 Å². The molecule has 9 heteroatoms. The number of nitrogens with one attached hydrogen (secondary N) is 2. The van der Waals surface area contributed by atoms with Gasteiger partial charge in [-0.05, 0) is 19.8 Å². The van der Waals surface area contributed by atoms with E-state index in [1.807, 2.05) is 0 Å². The highest BCUT2D eigenvalue weighted by atomic mass is 32.2. The second-order valence-electron chi connectivity index (χ2n) is 4.37. The van der Waals surface area contributed by atoms with E-state index in [-0.39, 0.29) is 16.6 Å². The Labute approximate surface area is 110 Å².